The Morgan fingerprint density at radius 1 is 0.805 bits per heavy atom. The Kier molecular flexibility index (Phi) is 8.29. The summed E-state index contributed by atoms with van der Waals surface area (Å²) in [5.41, 5.74) is 6.46. The molecule has 2 heterocycles. The lowest BCUT2D eigenvalue weighted by Crippen LogP contribution is -2.48. The van der Waals surface area contributed by atoms with Crippen molar-refractivity contribution in [2.24, 2.45) is 5.92 Å². The van der Waals surface area contributed by atoms with Crippen molar-refractivity contribution < 1.29 is 18.7 Å². The molecule has 2 fully saturated rings. The molecule has 0 spiro atoms. The first-order valence-electron chi connectivity index (χ1n) is 15.1. The summed E-state index contributed by atoms with van der Waals surface area (Å²) in [5.74, 6) is 1.22. The Morgan fingerprint density at radius 2 is 1.49 bits per heavy atom. The van der Waals surface area contributed by atoms with E-state index in [9.17, 15) is 9.18 Å². The van der Waals surface area contributed by atoms with Crippen LogP contribution in [0.4, 0.5) is 10.1 Å². The van der Waals surface area contributed by atoms with Crippen LogP contribution < -0.4 is 9.64 Å². The molecule has 0 amide bonds. The number of hydrogen-bond acceptors (Lipinski definition) is 5. The number of anilines is 1. The van der Waals surface area contributed by atoms with E-state index in [1.54, 1.807) is 19.2 Å². The number of benzene rings is 3. The van der Waals surface area contributed by atoms with Crippen molar-refractivity contribution in [3.05, 3.63) is 94.8 Å². The van der Waals surface area contributed by atoms with Crippen LogP contribution in [0.15, 0.2) is 66.7 Å². The summed E-state index contributed by atoms with van der Waals surface area (Å²) in [6, 6.07) is 23.3. The standard InChI is InChI=1S/C35H41FN2O3/c1-40-31-12-14-33-27(23-31)7-13-32(24-3-8-28(36)9-4-24)34(33)25-5-10-29(11-6-25)38-21-17-30(18-22-38)37-19-15-26(16-20-37)35(39)41-2/h3-6,8-12,14,23,26,30,32,34H,7,13,15-22H2,1-2H3/t32-,34+/m1/s1. The molecule has 216 valence electrons. The number of methoxy groups -OCH3 is 2. The number of aryl methyl sites for hydroxylation is 1. The number of rotatable bonds is 6. The van der Waals surface area contributed by atoms with Gasteiger partial charge in [-0.2, -0.15) is 0 Å². The molecule has 3 aliphatic rings. The number of carbonyl (C=O) groups is 1. The number of likely N-dealkylation sites (tertiary alicyclic amines) is 1. The summed E-state index contributed by atoms with van der Waals surface area (Å²) >= 11 is 0. The molecule has 6 rings (SSSR count). The molecular formula is C35H41FN2O3. The minimum atomic E-state index is -0.190. The molecule has 5 nitrogen and oxygen atoms in total. The predicted molar refractivity (Wildman–Crippen MR) is 160 cm³/mol. The molecule has 6 heteroatoms. The van der Waals surface area contributed by atoms with Gasteiger partial charge in [0.2, 0.25) is 0 Å². The van der Waals surface area contributed by atoms with Gasteiger partial charge >= 0.3 is 5.97 Å². The molecule has 3 aromatic carbocycles. The van der Waals surface area contributed by atoms with E-state index < -0.39 is 0 Å². The Labute approximate surface area is 243 Å². The van der Waals surface area contributed by atoms with E-state index in [1.165, 1.54) is 35.1 Å². The van der Waals surface area contributed by atoms with Crippen LogP contribution in [0.25, 0.3) is 0 Å². The fourth-order valence-electron chi connectivity index (χ4n) is 7.45. The average Bonchev–Trinajstić information content (AvgIpc) is 3.04. The van der Waals surface area contributed by atoms with Crippen LogP contribution in [-0.4, -0.2) is 57.3 Å². The number of ether oxygens (including phenoxy) is 2. The van der Waals surface area contributed by atoms with E-state index in [4.69, 9.17) is 9.47 Å². The number of hydrogen-bond donors (Lipinski definition) is 0. The highest BCUT2D eigenvalue weighted by atomic mass is 19.1. The fourth-order valence-corrected chi connectivity index (χ4v) is 7.45. The molecule has 0 aromatic heterocycles. The largest absolute Gasteiger partial charge is 0.497 e. The van der Waals surface area contributed by atoms with E-state index in [0.717, 1.165) is 70.5 Å². The molecule has 0 radical (unpaired) electrons. The zero-order valence-electron chi connectivity index (χ0n) is 24.2. The molecular weight excluding hydrogens is 515 g/mol. The predicted octanol–water partition coefficient (Wildman–Crippen LogP) is 6.55. The monoisotopic (exact) mass is 556 g/mol. The van der Waals surface area contributed by atoms with Crippen molar-refractivity contribution in [1.82, 2.24) is 4.90 Å². The van der Waals surface area contributed by atoms with Crippen LogP contribution >= 0.6 is 0 Å². The van der Waals surface area contributed by atoms with Crippen LogP contribution in [-0.2, 0) is 16.0 Å². The maximum absolute atomic E-state index is 13.8. The summed E-state index contributed by atoms with van der Waals surface area (Å²) in [5, 5.41) is 0. The fraction of sp³-hybridized carbons (Fsp3) is 0.457. The Bertz CT molecular complexity index is 1330. The molecule has 2 saturated heterocycles. The number of fused-ring (bicyclic) bond motifs is 1. The smallest absolute Gasteiger partial charge is 0.308 e. The quantitative estimate of drug-likeness (QED) is 0.322. The van der Waals surface area contributed by atoms with Crippen LogP contribution in [0.5, 0.6) is 5.75 Å². The molecule has 41 heavy (non-hydrogen) atoms. The third kappa shape index (κ3) is 5.85. The van der Waals surface area contributed by atoms with Crippen molar-refractivity contribution in [1.29, 1.82) is 0 Å². The van der Waals surface area contributed by atoms with Crippen molar-refractivity contribution in [3.8, 4) is 5.75 Å². The molecule has 1 aliphatic carbocycles. The first-order valence-corrected chi connectivity index (χ1v) is 15.1. The molecule has 3 aromatic rings. The molecule has 0 unspecified atom stereocenters. The lowest BCUT2D eigenvalue weighted by atomic mass is 9.69. The summed E-state index contributed by atoms with van der Waals surface area (Å²) < 4.78 is 24.2. The van der Waals surface area contributed by atoms with Gasteiger partial charge in [0.05, 0.1) is 20.1 Å². The lowest BCUT2D eigenvalue weighted by Gasteiger charge is -2.42. The van der Waals surface area contributed by atoms with E-state index in [1.807, 2.05) is 12.1 Å². The van der Waals surface area contributed by atoms with Crippen molar-refractivity contribution >= 4 is 11.7 Å². The molecule has 0 saturated carbocycles. The molecule has 2 aliphatic heterocycles. The van der Waals surface area contributed by atoms with Crippen molar-refractivity contribution in [3.63, 3.8) is 0 Å². The maximum atomic E-state index is 13.8. The van der Waals surface area contributed by atoms with Gasteiger partial charge in [-0.05, 0) is 116 Å². The maximum Gasteiger partial charge on any atom is 0.308 e. The number of piperidine rings is 2. The Balaban J connectivity index is 1.16. The third-order valence-electron chi connectivity index (χ3n) is 9.77. The van der Waals surface area contributed by atoms with Crippen LogP contribution in [0.3, 0.4) is 0 Å². The lowest BCUT2D eigenvalue weighted by molar-refractivity contribution is -0.147. The SMILES string of the molecule is COC(=O)C1CCN(C2CCN(c3ccc([C@@H]4c5ccc(OC)cc5CC[C@@H]4c4ccc(F)cc4)cc3)CC2)CC1. The summed E-state index contributed by atoms with van der Waals surface area (Å²) in [6.45, 7) is 4.07. The minimum absolute atomic E-state index is 0.0525. The van der Waals surface area contributed by atoms with Crippen LogP contribution in [0.1, 0.15) is 66.2 Å². The first-order chi connectivity index (χ1) is 20.0. The zero-order chi connectivity index (χ0) is 28.3. The highest BCUT2D eigenvalue weighted by Crippen LogP contribution is 2.47. The van der Waals surface area contributed by atoms with Gasteiger partial charge in [0, 0.05) is 30.7 Å². The van der Waals surface area contributed by atoms with Gasteiger partial charge in [0.15, 0.2) is 0 Å². The van der Waals surface area contributed by atoms with Crippen molar-refractivity contribution in [2.45, 2.75) is 56.4 Å². The van der Waals surface area contributed by atoms with Gasteiger partial charge in [-0.1, -0.05) is 30.3 Å². The molecule has 0 bridgehead atoms. The van der Waals surface area contributed by atoms with Gasteiger partial charge < -0.3 is 19.3 Å². The Hall–Kier alpha value is -3.38. The number of nitrogens with zero attached hydrogens (tertiary/aromatic N) is 2. The average molecular weight is 557 g/mol. The number of halogens is 1. The minimum Gasteiger partial charge on any atom is -0.497 e. The van der Waals surface area contributed by atoms with Crippen molar-refractivity contribution in [2.75, 3.05) is 45.3 Å². The zero-order valence-corrected chi connectivity index (χ0v) is 24.2. The van der Waals surface area contributed by atoms with Crippen LogP contribution in [0, 0.1) is 11.7 Å². The first kappa shape index (κ1) is 27.8. The van der Waals surface area contributed by atoms with Gasteiger partial charge in [0.25, 0.3) is 0 Å². The molecule has 2 atom stereocenters. The molecule has 0 N–H and O–H groups in total. The highest BCUT2D eigenvalue weighted by molar-refractivity contribution is 5.72. The number of esters is 1. The van der Waals surface area contributed by atoms with Gasteiger partial charge in [0.1, 0.15) is 11.6 Å². The van der Waals surface area contributed by atoms with E-state index in [2.05, 4.69) is 52.3 Å². The summed E-state index contributed by atoms with van der Waals surface area (Å²) in [4.78, 5) is 17.0. The Morgan fingerprint density at radius 3 is 2.15 bits per heavy atom. The third-order valence-corrected chi connectivity index (χ3v) is 9.77. The van der Waals surface area contributed by atoms with E-state index in [-0.39, 0.29) is 23.6 Å². The topological polar surface area (TPSA) is 42.0 Å². The normalized spacial score (nSPS) is 22.3. The van der Waals surface area contributed by atoms with Crippen LogP contribution in [0.2, 0.25) is 0 Å². The summed E-state index contributed by atoms with van der Waals surface area (Å²) in [6.07, 6.45) is 6.11. The second-order valence-corrected chi connectivity index (χ2v) is 11.9. The van der Waals surface area contributed by atoms with Gasteiger partial charge in [-0.25, -0.2) is 4.39 Å². The van der Waals surface area contributed by atoms with Gasteiger partial charge in [-0.3, -0.25) is 4.79 Å². The second kappa shape index (κ2) is 12.2. The van der Waals surface area contributed by atoms with Gasteiger partial charge in [-0.15, -0.1) is 0 Å². The highest BCUT2D eigenvalue weighted by Gasteiger charge is 2.33. The van der Waals surface area contributed by atoms with E-state index >= 15 is 0 Å². The van der Waals surface area contributed by atoms with E-state index in [0.29, 0.717) is 12.0 Å². The number of carbonyl (C=O) groups excluding carboxylic acids is 1. The second-order valence-electron chi connectivity index (χ2n) is 11.9. The summed E-state index contributed by atoms with van der Waals surface area (Å²) in [7, 11) is 3.21.